The zero-order chi connectivity index (χ0) is 20.0. The van der Waals surface area contributed by atoms with Gasteiger partial charge in [-0.25, -0.2) is 10.2 Å². The average Bonchev–Trinajstić information content (AvgIpc) is 3.03. The van der Waals surface area contributed by atoms with Gasteiger partial charge in [-0.2, -0.15) is 0 Å². The van der Waals surface area contributed by atoms with Gasteiger partial charge < -0.3 is 4.74 Å². The number of carbonyl (C=O) groups excluding carboxylic acids is 3. The largest absolute Gasteiger partial charge is 0.443 e. The number of nitrogens with zero attached hydrogens (tertiary/aromatic N) is 1. The lowest BCUT2D eigenvalue weighted by Gasteiger charge is -2.19. The standard InChI is InChI=1S/C18H24N4O4S/c1-11(23)20-15(24)14-10-27-16(21-14)13-7-5-12(6-8-13)9-19-22-17(25)26-18(2,3)4/h5-8,14,19H,9-10H2,1-4H3,(H,22,25)(H,20,23,24)/t14-/m0/s1. The molecule has 3 amide bonds. The fraction of sp³-hybridized carbons (Fsp3) is 0.444. The maximum Gasteiger partial charge on any atom is 0.422 e. The van der Waals surface area contributed by atoms with E-state index in [0.717, 1.165) is 16.2 Å². The first-order valence-corrected chi connectivity index (χ1v) is 9.46. The number of carbonyl (C=O) groups is 3. The van der Waals surface area contributed by atoms with Crippen molar-refractivity contribution >= 4 is 34.7 Å². The highest BCUT2D eigenvalue weighted by atomic mass is 32.2. The highest BCUT2D eigenvalue weighted by Gasteiger charge is 2.26. The minimum absolute atomic E-state index is 0.376. The van der Waals surface area contributed by atoms with Crippen LogP contribution in [-0.2, 0) is 20.9 Å². The molecule has 9 heteroatoms. The van der Waals surface area contributed by atoms with Crippen LogP contribution in [0.1, 0.15) is 38.8 Å². The minimum atomic E-state index is -0.549. The van der Waals surface area contributed by atoms with Crippen LogP contribution in [-0.4, -0.2) is 40.3 Å². The van der Waals surface area contributed by atoms with Crippen molar-refractivity contribution in [1.82, 2.24) is 16.2 Å². The number of ether oxygens (including phenoxy) is 1. The first-order chi connectivity index (χ1) is 12.6. The molecule has 1 heterocycles. The van der Waals surface area contributed by atoms with Crippen LogP contribution >= 0.6 is 11.8 Å². The highest BCUT2D eigenvalue weighted by Crippen LogP contribution is 2.24. The number of hydrogen-bond donors (Lipinski definition) is 3. The SMILES string of the molecule is CC(=O)NC(=O)[C@@H]1CSC(c2ccc(CNNC(=O)OC(C)(C)C)cc2)=N1. The number of hydrogen-bond acceptors (Lipinski definition) is 7. The van der Waals surface area contributed by atoms with Crippen molar-refractivity contribution in [2.45, 2.75) is 45.9 Å². The van der Waals surface area contributed by atoms with Gasteiger partial charge in [0, 0.05) is 24.8 Å². The van der Waals surface area contributed by atoms with Gasteiger partial charge >= 0.3 is 6.09 Å². The van der Waals surface area contributed by atoms with Crippen LogP contribution in [0.15, 0.2) is 29.3 Å². The van der Waals surface area contributed by atoms with Gasteiger partial charge in [0.15, 0.2) is 0 Å². The molecule has 2 rings (SSSR count). The lowest BCUT2D eigenvalue weighted by molar-refractivity contribution is -0.129. The number of hydrazine groups is 1. The van der Waals surface area contributed by atoms with Crippen LogP contribution in [0.2, 0.25) is 0 Å². The third kappa shape index (κ3) is 7.03. The van der Waals surface area contributed by atoms with Gasteiger partial charge in [-0.05, 0) is 26.3 Å². The minimum Gasteiger partial charge on any atom is -0.443 e. The van der Waals surface area contributed by atoms with Gasteiger partial charge in [-0.1, -0.05) is 24.3 Å². The summed E-state index contributed by atoms with van der Waals surface area (Å²) in [5, 5.41) is 3.03. The summed E-state index contributed by atoms with van der Waals surface area (Å²) >= 11 is 1.48. The Balaban J connectivity index is 1.86. The quantitative estimate of drug-likeness (QED) is 0.659. The van der Waals surface area contributed by atoms with E-state index in [-0.39, 0.29) is 11.8 Å². The van der Waals surface area contributed by atoms with Crippen molar-refractivity contribution in [1.29, 1.82) is 0 Å². The molecule has 0 spiro atoms. The molecule has 1 aromatic rings. The third-order valence-corrected chi connectivity index (χ3v) is 4.43. The predicted octanol–water partition coefficient (Wildman–Crippen LogP) is 1.74. The van der Waals surface area contributed by atoms with Gasteiger partial charge in [-0.3, -0.25) is 25.3 Å². The van der Waals surface area contributed by atoms with Gasteiger partial charge in [0.05, 0.1) is 5.04 Å². The monoisotopic (exact) mass is 392 g/mol. The second kappa shape index (κ2) is 9.01. The molecule has 0 aliphatic carbocycles. The Morgan fingerprint density at radius 1 is 1.22 bits per heavy atom. The summed E-state index contributed by atoms with van der Waals surface area (Å²) in [5.41, 5.74) is 6.61. The molecule has 1 aliphatic rings. The molecule has 1 atom stereocenters. The summed E-state index contributed by atoms with van der Waals surface area (Å²) in [6, 6.07) is 7.08. The van der Waals surface area contributed by atoms with Gasteiger partial charge in [0.25, 0.3) is 5.91 Å². The molecule has 1 aromatic carbocycles. The van der Waals surface area contributed by atoms with E-state index in [9.17, 15) is 14.4 Å². The lowest BCUT2D eigenvalue weighted by Crippen LogP contribution is -2.40. The smallest absolute Gasteiger partial charge is 0.422 e. The number of amides is 3. The summed E-state index contributed by atoms with van der Waals surface area (Å²) in [5.74, 6) is -0.248. The molecule has 0 bridgehead atoms. The summed E-state index contributed by atoms with van der Waals surface area (Å²) in [7, 11) is 0. The summed E-state index contributed by atoms with van der Waals surface area (Å²) in [4.78, 5) is 38.8. The number of thioether (sulfide) groups is 1. The van der Waals surface area contributed by atoms with Crippen molar-refractivity contribution in [2.75, 3.05) is 5.75 Å². The first-order valence-electron chi connectivity index (χ1n) is 8.47. The number of rotatable bonds is 5. The Hall–Kier alpha value is -2.39. The molecule has 0 unspecified atom stereocenters. The zero-order valence-corrected chi connectivity index (χ0v) is 16.6. The number of nitrogens with one attached hydrogen (secondary N) is 3. The van der Waals surface area contributed by atoms with Gasteiger partial charge in [0.2, 0.25) is 5.91 Å². The van der Waals surface area contributed by atoms with Crippen molar-refractivity contribution in [3.8, 4) is 0 Å². The summed E-state index contributed by atoms with van der Waals surface area (Å²) in [6.07, 6.45) is -0.536. The Morgan fingerprint density at radius 2 is 1.89 bits per heavy atom. The molecule has 0 aromatic heterocycles. The summed E-state index contributed by atoms with van der Waals surface area (Å²) in [6.45, 7) is 7.12. The molecule has 8 nitrogen and oxygen atoms in total. The topological polar surface area (TPSA) is 109 Å². The van der Waals surface area contributed by atoms with E-state index in [2.05, 4.69) is 21.2 Å². The number of imide groups is 1. The van der Waals surface area contributed by atoms with Crippen molar-refractivity contribution in [2.24, 2.45) is 4.99 Å². The van der Waals surface area contributed by atoms with Crippen molar-refractivity contribution in [3.63, 3.8) is 0 Å². The maximum absolute atomic E-state index is 11.8. The van der Waals surface area contributed by atoms with Gasteiger partial charge in [0.1, 0.15) is 11.6 Å². The van der Waals surface area contributed by atoms with E-state index in [1.54, 1.807) is 20.8 Å². The van der Waals surface area contributed by atoms with E-state index in [4.69, 9.17) is 4.74 Å². The second-order valence-electron chi connectivity index (χ2n) is 6.98. The maximum atomic E-state index is 11.8. The van der Waals surface area contributed by atoms with E-state index in [0.29, 0.717) is 12.3 Å². The molecule has 0 saturated carbocycles. The molecule has 146 valence electrons. The van der Waals surface area contributed by atoms with Crippen LogP contribution < -0.4 is 16.2 Å². The van der Waals surface area contributed by atoms with E-state index in [1.165, 1.54) is 18.7 Å². The molecule has 27 heavy (non-hydrogen) atoms. The van der Waals surface area contributed by atoms with E-state index in [1.807, 2.05) is 24.3 Å². The Morgan fingerprint density at radius 3 is 2.48 bits per heavy atom. The molecule has 0 saturated heterocycles. The second-order valence-corrected chi connectivity index (χ2v) is 7.99. The molecule has 0 radical (unpaired) electrons. The molecule has 0 fully saturated rings. The Bertz CT molecular complexity index is 741. The zero-order valence-electron chi connectivity index (χ0n) is 15.8. The van der Waals surface area contributed by atoms with E-state index < -0.39 is 17.7 Å². The van der Waals surface area contributed by atoms with Gasteiger partial charge in [-0.15, -0.1) is 11.8 Å². The first kappa shape index (κ1) is 20.9. The summed E-state index contributed by atoms with van der Waals surface area (Å²) < 4.78 is 5.13. The molecule has 3 N–H and O–H groups in total. The van der Waals surface area contributed by atoms with Crippen LogP contribution in [0.3, 0.4) is 0 Å². The van der Waals surface area contributed by atoms with Crippen LogP contribution in [0, 0.1) is 0 Å². The molecular formula is C18H24N4O4S. The fourth-order valence-corrected chi connectivity index (χ4v) is 3.26. The van der Waals surface area contributed by atoms with E-state index >= 15 is 0 Å². The Kier molecular flexibility index (Phi) is 6.98. The predicted molar refractivity (Wildman–Crippen MR) is 104 cm³/mol. The Labute approximate surface area is 162 Å². The van der Waals surface area contributed by atoms with Crippen molar-refractivity contribution < 1.29 is 19.1 Å². The molecular weight excluding hydrogens is 368 g/mol. The highest BCUT2D eigenvalue weighted by molar-refractivity contribution is 8.14. The normalized spacial score (nSPS) is 16.4. The third-order valence-electron chi connectivity index (χ3n) is 3.34. The van der Waals surface area contributed by atoms with Crippen molar-refractivity contribution in [3.05, 3.63) is 35.4 Å². The van der Waals surface area contributed by atoms with Crippen LogP contribution in [0.5, 0.6) is 0 Å². The van der Waals surface area contributed by atoms with Crippen LogP contribution in [0.25, 0.3) is 0 Å². The number of aliphatic imine (C=N–C) groups is 1. The lowest BCUT2D eigenvalue weighted by atomic mass is 10.1. The molecule has 1 aliphatic heterocycles. The average molecular weight is 392 g/mol. The fourth-order valence-electron chi connectivity index (χ4n) is 2.21. The number of benzene rings is 1. The van der Waals surface area contributed by atoms with Crippen LogP contribution in [0.4, 0.5) is 4.79 Å².